The van der Waals surface area contributed by atoms with Crippen molar-refractivity contribution in [3.8, 4) is 0 Å². The first-order valence-electron chi connectivity index (χ1n) is 16.8. The molecule has 0 fully saturated rings. The van der Waals surface area contributed by atoms with Gasteiger partial charge in [0.2, 0.25) is 0 Å². The zero-order valence-corrected chi connectivity index (χ0v) is 31.2. The first-order valence-corrected chi connectivity index (χ1v) is 22.8. The molecule has 0 radical (unpaired) electrons. The Kier molecular flexibility index (Phi) is 25.6. The minimum absolute atomic E-state index is 0.0574. The average molecular weight is 816 g/mol. The summed E-state index contributed by atoms with van der Waals surface area (Å²) >= 11 is -7.16. The van der Waals surface area contributed by atoms with E-state index in [2.05, 4.69) is 62.4 Å². The summed E-state index contributed by atoms with van der Waals surface area (Å²) in [6.45, 7) is 4.60. The zero-order chi connectivity index (χ0) is 30.7. The van der Waals surface area contributed by atoms with E-state index in [1.807, 2.05) is 0 Å². The van der Waals surface area contributed by atoms with Crippen LogP contribution < -0.4 is 21.2 Å². The van der Waals surface area contributed by atoms with Crippen LogP contribution >= 0.6 is 0 Å². The van der Waals surface area contributed by atoms with Gasteiger partial charge in [0.15, 0.2) is 7.14 Å². The van der Waals surface area contributed by atoms with Crippen LogP contribution in [0.3, 0.4) is 0 Å². The molecule has 42 heavy (non-hydrogen) atoms. The van der Waals surface area contributed by atoms with Crippen molar-refractivity contribution in [3.05, 3.63) is 66.8 Å². The molecule has 0 aliphatic rings. The molecule has 0 atom stereocenters. The quantitative estimate of drug-likeness (QED) is 0.0429. The van der Waals surface area contributed by atoms with Crippen molar-refractivity contribution in [2.45, 2.75) is 155 Å². The van der Waals surface area contributed by atoms with E-state index in [0.29, 0.717) is 0 Å². The van der Waals surface area contributed by atoms with Gasteiger partial charge < -0.3 is 0 Å². The number of benzene rings is 2. The number of halogens is 5. The predicted octanol–water partition coefficient (Wildman–Crippen LogP) is 10.0. The molecule has 0 N–H and O–H groups in total. The van der Waals surface area contributed by atoms with Gasteiger partial charge >= 0.3 is 53.6 Å². The Hall–Kier alpha value is -0.292. The van der Waals surface area contributed by atoms with E-state index in [4.69, 9.17) is 0 Å². The van der Waals surface area contributed by atoms with Gasteiger partial charge in [0.1, 0.15) is 0 Å². The summed E-state index contributed by atoms with van der Waals surface area (Å²) < 4.78 is 42.6. The normalized spacial score (nSPS) is 11.8. The van der Waals surface area contributed by atoms with E-state index in [9.17, 15) is 11.3 Å². The van der Waals surface area contributed by atoms with Gasteiger partial charge in [0.25, 0.3) is 0 Å². The molecule has 0 nitrogen and oxygen atoms in total. The predicted molar refractivity (Wildman–Crippen MR) is 172 cm³/mol. The molecule has 0 spiro atoms. The summed E-state index contributed by atoms with van der Waals surface area (Å²) in [5.74, 6) is 0. The van der Waals surface area contributed by atoms with Gasteiger partial charge in [-0.25, -0.2) is 0 Å². The SMILES string of the molecule is CCCCCCCCCCCCc1ccc([I+]c2ccc(CCCCCCCCCCCC)cc2)cc1.[F][Sb-]([F])([F])[F]. The summed E-state index contributed by atoms with van der Waals surface area (Å²) in [6.07, 6.45) is 30.9. The monoisotopic (exact) mass is 814 g/mol. The van der Waals surface area contributed by atoms with Gasteiger partial charge in [-0.1, -0.05) is 154 Å². The molecule has 2 aromatic rings. The van der Waals surface area contributed by atoms with Crippen molar-refractivity contribution < 1.29 is 32.5 Å². The maximum absolute atomic E-state index is 9.89. The Bertz CT molecular complexity index is 781. The van der Waals surface area contributed by atoms with Crippen molar-refractivity contribution in [1.82, 2.24) is 0 Å². The van der Waals surface area contributed by atoms with Crippen LogP contribution in [-0.4, -0.2) is 21.1 Å². The third-order valence-electron chi connectivity index (χ3n) is 7.68. The second-order valence-electron chi connectivity index (χ2n) is 11.6. The molecular weight excluding hydrogens is 757 g/mol. The molecule has 0 bridgehead atoms. The van der Waals surface area contributed by atoms with E-state index < -0.39 is 21.1 Å². The summed E-state index contributed by atoms with van der Waals surface area (Å²) in [5.41, 5.74) is 3.05. The molecule has 2 rings (SSSR count). The first-order chi connectivity index (χ1) is 20.3. The molecule has 0 heterocycles. The van der Waals surface area contributed by atoms with Crippen LogP contribution in [0.4, 0.5) is 11.3 Å². The fourth-order valence-corrected chi connectivity index (χ4v) is 7.34. The Morgan fingerprint density at radius 1 is 0.405 bits per heavy atom. The van der Waals surface area contributed by atoms with Gasteiger partial charge in [0, 0.05) is 0 Å². The summed E-state index contributed by atoms with van der Waals surface area (Å²) in [5, 5.41) is 0. The van der Waals surface area contributed by atoms with Gasteiger partial charge in [-0.05, 0) is 61.1 Å². The van der Waals surface area contributed by atoms with Crippen LogP contribution in [0.5, 0.6) is 0 Å². The molecule has 2 aromatic carbocycles. The molecule has 0 aliphatic heterocycles. The molecule has 0 saturated carbocycles. The first kappa shape index (κ1) is 39.7. The second-order valence-corrected chi connectivity index (χ2v) is 16.8. The number of unbranched alkanes of at least 4 members (excludes halogenated alkanes) is 18. The van der Waals surface area contributed by atoms with Crippen LogP contribution in [0.2, 0.25) is 0 Å². The van der Waals surface area contributed by atoms with Crippen molar-refractivity contribution in [2.75, 3.05) is 0 Å². The summed E-state index contributed by atoms with van der Waals surface area (Å²) in [7, 11) is 0. The van der Waals surface area contributed by atoms with Crippen LogP contribution in [0.25, 0.3) is 0 Å². The van der Waals surface area contributed by atoms with Crippen molar-refractivity contribution >= 4 is 21.1 Å². The van der Waals surface area contributed by atoms with E-state index in [-0.39, 0.29) is 21.2 Å². The second kappa shape index (κ2) is 27.1. The zero-order valence-electron chi connectivity index (χ0n) is 26.5. The fourth-order valence-electron chi connectivity index (χ4n) is 5.19. The van der Waals surface area contributed by atoms with Gasteiger partial charge in [-0.15, -0.1) is 0 Å². The minimum atomic E-state index is -7.10. The Labute approximate surface area is 273 Å². The third-order valence-corrected chi connectivity index (χ3v) is 10.4. The van der Waals surface area contributed by atoms with Crippen LogP contribution in [0, 0.1) is 7.14 Å². The number of aryl methyl sites for hydroxylation is 2. The summed E-state index contributed by atoms with van der Waals surface area (Å²) in [4.78, 5) is 0. The molecule has 0 unspecified atom stereocenters. The van der Waals surface area contributed by atoms with Crippen molar-refractivity contribution in [2.24, 2.45) is 0 Å². The van der Waals surface area contributed by atoms with Crippen LogP contribution in [-0.2, 0) is 12.8 Å². The van der Waals surface area contributed by atoms with Gasteiger partial charge in [0.05, 0.1) is 0 Å². The molecule has 6 heteroatoms. The van der Waals surface area contributed by atoms with E-state index >= 15 is 0 Å². The topological polar surface area (TPSA) is 0 Å². The molecule has 0 saturated heterocycles. The molecule has 0 aliphatic carbocycles. The van der Waals surface area contributed by atoms with Crippen LogP contribution in [0.15, 0.2) is 48.5 Å². The molecule has 0 amide bonds. The van der Waals surface area contributed by atoms with Gasteiger partial charge in [-0.2, -0.15) is 0 Å². The molecular formula is C36H58F4ISb. The standard InChI is InChI=1S/C36H58I.4FH.Sb/c1-3-5-7-9-11-13-15-17-19-21-23-33-25-29-35(30-26-33)37-36-31-27-34(28-32-36)24-22-20-18-16-14-12-10-8-6-4-2;;;;;/h25-32H,3-24H2,1-2H3;4*1H;/q+1;;;;;+3/p-4. The fraction of sp³-hybridized carbons (Fsp3) is 0.667. The molecule has 242 valence electrons. The number of rotatable bonds is 24. The average Bonchev–Trinajstić information content (AvgIpc) is 2.96. The summed E-state index contributed by atoms with van der Waals surface area (Å²) in [6, 6.07) is 19.2. The number of hydrogen-bond donors (Lipinski definition) is 0. The van der Waals surface area contributed by atoms with Crippen molar-refractivity contribution in [3.63, 3.8) is 0 Å². The van der Waals surface area contributed by atoms with E-state index in [1.54, 1.807) is 7.14 Å². The Morgan fingerprint density at radius 3 is 0.905 bits per heavy atom. The molecule has 0 aromatic heterocycles. The third kappa shape index (κ3) is 26.1. The van der Waals surface area contributed by atoms with Crippen molar-refractivity contribution in [1.29, 1.82) is 0 Å². The van der Waals surface area contributed by atoms with Crippen LogP contribution in [0.1, 0.15) is 153 Å². The Morgan fingerprint density at radius 2 is 0.643 bits per heavy atom. The Balaban J connectivity index is 0.00000162. The number of hydrogen-bond acceptors (Lipinski definition) is 0. The van der Waals surface area contributed by atoms with E-state index in [0.717, 1.165) is 0 Å². The van der Waals surface area contributed by atoms with Gasteiger partial charge in [-0.3, -0.25) is 0 Å². The maximum atomic E-state index is 9.89. The van der Waals surface area contributed by atoms with E-state index in [1.165, 1.54) is 152 Å².